The summed E-state index contributed by atoms with van der Waals surface area (Å²) in [5.41, 5.74) is 2.79. The molecule has 0 spiro atoms. The van der Waals surface area contributed by atoms with Gasteiger partial charge in [-0.15, -0.1) is 0 Å². The van der Waals surface area contributed by atoms with E-state index in [1.807, 2.05) is 63.2 Å². The summed E-state index contributed by atoms with van der Waals surface area (Å²) >= 11 is 0. The maximum absolute atomic E-state index is 12.3. The number of hydrogen-bond acceptors (Lipinski definition) is 2. The molecule has 3 aromatic rings. The summed E-state index contributed by atoms with van der Waals surface area (Å²) in [7, 11) is 0. The van der Waals surface area contributed by atoms with Crippen molar-refractivity contribution in [2.45, 2.75) is 41.0 Å². The summed E-state index contributed by atoms with van der Waals surface area (Å²) in [6, 6.07) is 14.8. The lowest BCUT2D eigenvalue weighted by Crippen LogP contribution is -2.23. The molecule has 0 atom stereocenters. The second kappa shape index (κ2) is 10.9. The van der Waals surface area contributed by atoms with Gasteiger partial charge in [-0.25, -0.2) is 0 Å². The van der Waals surface area contributed by atoms with E-state index >= 15 is 0 Å². The van der Waals surface area contributed by atoms with Gasteiger partial charge in [0.05, 0.1) is 5.56 Å². The van der Waals surface area contributed by atoms with E-state index in [2.05, 4.69) is 24.1 Å². The molecule has 4 heteroatoms. The molecule has 0 aliphatic heterocycles. The summed E-state index contributed by atoms with van der Waals surface area (Å²) in [6.45, 7) is 10.1. The van der Waals surface area contributed by atoms with Crippen molar-refractivity contribution >= 4 is 28.3 Å². The van der Waals surface area contributed by atoms with Crippen molar-refractivity contribution in [1.29, 1.82) is 0 Å². The third kappa shape index (κ3) is 5.31. The molecule has 138 valence electrons. The molecule has 0 fully saturated rings. The zero-order valence-electron chi connectivity index (χ0n) is 16.2. The number of para-hydroxylation sites is 2. The van der Waals surface area contributed by atoms with Gasteiger partial charge in [-0.05, 0) is 24.6 Å². The molecule has 4 nitrogen and oxygen atoms in total. The molecule has 0 saturated heterocycles. The van der Waals surface area contributed by atoms with E-state index in [9.17, 15) is 9.59 Å². The summed E-state index contributed by atoms with van der Waals surface area (Å²) < 4.78 is 0. The molecular formula is C22H28N2O2. The number of aryl methyl sites for hydroxylation is 1. The van der Waals surface area contributed by atoms with E-state index in [0.717, 1.165) is 16.5 Å². The Morgan fingerprint density at radius 2 is 1.54 bits per heavy atom. The van der Waals surface area contributed by atoms with Crippen LogP contribution in [-0.4, -0.2) is 16.7 Å². The summed E-state index contributed by atoms with van der Waals surface area (Å²) in [5, 5.41) is 3.41. The minimum absolute atomic E-state index is 0.386. The number of fused-ring (bicyclic) bond motifs is 1. The van der Waals surface area contributed by atoms with Gasteiger partial charge in [-0.1, -0.05) is 70.5 Å². The molecule has 2 N–H and O–H groups in total. The van der Waals surface area contributed by atoms with Crippen LogP contribution in [0.3, 0.4) is 0 Å². The normalized spacial score (nSPS) is 9.42. The predicted molar refractivity (Wildman–Crippen MR) is 110 cm³/mol. The molecule has 26 heavy (non-hydrogen) atoms. The van der Waals surface area contributed by atoms with Crippen molar-refractivity contribution in [1.82, 2.24) is 4.98 Å². The number of Topliss-reactive ketones (excluding diaryl/α,β-unsaturated/α-hetero) is 1. The number of carbonyl (C=O) groups is 2. The van der Waals surface area contributed by atoms with Crippen LogP contribution in [0.1, 0.15) is 50.0 Å². The number of carbonyl (C=O) groups excluding carboxylic acids is 2. The number of rotatable bonds is 3. The molecule has 0 bridgehead atoms. The number of benzene rings is 2. The molecule has 2 aromatic carbocycles. The summed E-state index contributed by atoms with van der Waals surface area (Å²) in [4.78, 5) is 27.4. The van der Waals surface area contributed by atoms with Crippen LogP contribution in [0.4, 0.5) is 5.69 Å². The number of nitrogens with one attached hydrogen (secondary N) is 2. The first-order valence-corrected chi connectivity index (χ1v) is 9.05. The van der Waals surface area contributed by atoms with Crippen LogP contribution in [0.2, 0.25) is 0 Å². The molecule has 0 radical (unpaired) electrons. The quantitative estimate of drug-likeness (QED) is 0.466. The number of amides is 1. The Labute approximate surface area is 155 Å². The first-order chi connectivity index (χ1) is 12.6. The monoisotopic (exact) mass is 352 g/mol. The van der Waals surface area contributed by atoms with E-state index in [0.29, 0.717) is 11.3 Å². The van der Waals surface area contributed by atoms with Gasteiger partial charge < -0.3 is 10.3 Å². The van der Waals surface area contributed by atoms with Crippen LogP contribution in [0, 0.1) is 6.92 Å². The molecule has 0 aliphatic rings. The van der Waals surface area contributed by atoms with E-state index in [1.165, 1.54) is 6.42 Å². The molecule has 1 amide bonds. The van der Waals surface area contributed by atoms with Crippen LogP contribution in [0.5, 0.6) is 0 Å². The lowest BCUT2D eigenvalue weighted by atomic mass is 10.1. The van der Waals surface area contributed by atoms with Crippen LogP contribution >= 0.6 is 0 Å². The zero-order chi connectivity index (χ0) is 19.5. The first-order valence-electron chi connectivity index (χ1n) is 9.05. The average molecular weight is 352 g/mol. The van der Waals surface area contributed by atoms with Gasteiger partial charge in [0.25, 0.3) is 11.7 Å². The highest BCUT2D eigenvalue weighted by molar-refractivity contribution is 6.48. The number of anilines is 1. The second-order valence-corrected chi connectivity index (χ2v) is 5.55. The Morgan fingerprint density at radius 3 is 2.19 bits per heavy atom. The Bertz CT molecular complexity index is 850. The van der Waals surface area contributed by atoms with Crippen LogP contribution in [0.15, 0.2) is 54.7 Å². The molecule has 0 aliphatic carbocycles. The highest BCUT2D eigenvalue weighted by Gasteiger charge is 2.20. The third-order valence-corrected chi connectivity index (χ3v) is 3.43. The fourth-order valence-electron chi connectivity index (χ4n) is 2.27. The number of aromatic nitrogens is 1. The molecule has 1 aromatic heterocycles. The van der Waals surface area contributed by atoms with Crippen LogP contribution < -0.4 is 5.32 Å². The highest BCUT2D eigenvalue weighted by atomic mass is 16.2. The predicted octanol–water partition coefficient (Wildman–Crippen LogP) is 5.74. The highest BCUT2D eigenvalue weighted by Crippen LogP contribution is 2.19. The van der Waals surface area contributed by atoms with Gasteiger partial charge in [0.2, 0.25) is 0 Å². The fourth-order valence-corrected chi connectivity index (χ4v) is 2.27. The van der Waals surface area contributed by atoms with Crippen molar-refractivity contribution in [2.24, 2.45) is 0 Å². The Morgan fingerprint density at radius 1 is 0.962 bits per heavy atom. The minimum atomic E-state index is -0.631. The number of ketones is 1. The van der Waals surface area contributed by atoms with Gasteiger partial charge >= 0.3 is 0 Å². The number of hydrogen-bond donors (Lipinski definition) is 2. The summed E-state index contributed by atoms with van der Waals surface area (Å²) in [5.74, 6) is -1.18. The maximum Gasteiger partial charge on any atom is 0.296 e. The first kappa shape index (κ1) is 21.2. The molecule has 1 heterocycles. The van der Waals surface area contributed by atoms with Gasteiger partial charge in [0.15, 0.2) is 0 Å². The zero-order valence-corrected chi connectivity index (χ0v) is 16.2. The number of H-pyrrole nitrogens is 1. The standard InChI is InChI=1S/C17H14N2O2.C3H8.C2H6/c1-11-6-2-4-8-14(11)19-17(21)16(20)13-10-18-15-9-5-3-7-12(13)15;1-3-2;1-2/h2-10,18H,1H3,(H,19,21);3H2,1-2H3;1-2H3. The minimum Gasteiger partial charge on any atom is -0.360 e. The van der Waals surface area contributed by atoms with Crippen molar-refractivity contribution in [3.63, 3.8) is 0 Å². The smallest absolute Gasteiger partial charge is 0.296 e. The maximum atomic E-state index is 12.3. The Hall–Kier alpha value is -2.88. The molecular weight excluding hydrogens is 324 g/mol. The van der Waals surface area contributed by atoms with Crippen molar-refractivity contribution in [2.75, 3.05) is 5.32 Å². The van der Waals surface area contributed by atoms with Gasteiger partial charge in [0.1, 0.15) is 0 Å². The van der Waals surface area contributed by atoms with E-state index < -0.39 is 11.7 Å². The van der Waals surface area contributed by atoms with Gasteiger partial charge in [0, 0.05) is 22.8 Å². The lowest BCUT2D eigenvalue weighted by molar-refractivity contribution is -0.112. The Balaban J connectivity index is 0.000000615. The lowest BCUT2D eigenvalue weighted by Gasteiger charge is -2.06. The van der Waals surface area contributed by atoms with Gasteiger partial charge in [-0.3, -0.25) is 9.59 Å². The van der Waals surface area contributed by atoms with Crippen molar-refractivity contribution < 1.29 is 9.59 Å². The van der Waals surface area contributed by atoms with Gasteiger partial charge in [-0.2, -0.15) is 0 Å². The van der Waals surface area contributed by atoms with Crippen molar-refractivity contribution in [3.05, 3.63) is 65.9 Å². The SMILES string of the molecule is CC.CCC.Cc1ccccc1NC(=O)C(=O)c1c[nH]c2ccccc12. The van der Waals surface area contributed by atoms with Crippen LogP contribution in [-0.2, 0) is 4.79 Å². The van der Waals surface area contributed by atoms with E-state index in [4.69, 9.17) is 0 Å². The van der Waals surface area contributed by atoms with Crippen LogP contribution in [0.25, 0.3) is 10.9 Å². The summed E-state index contributed by atoms with van der Waals surface area (Å²) in [6.07, 6.45) is 2.82. The van der Waals surface area contributed by atoms with Crippen molar-refractivity contribution in [3.8, 4) is 0 Å². The fraction of sp³-hybridized carbons (Fsp3) is 0.273. The topological polar surface area (TPSA) is 62.0 Å². The second-order valence-electron chi connectivity index (χ2n) is 5.55. The van der Waals surface area contributed by atoms with E-state index in [-0.39, 0.29) is 0 Å². The molecule has 0 unspecified atom stereocenters. The molecule has 0 saturated carbocycles. The largest absolute Gasteiger partial charge is 0.360 e. The third-order valence-electron chi connectivity index (χ3n) is 3.43. The molecule has 3 rings (SSSR count). The Kier molecular flexibility index (Phi) is 8.85. The van der Waals surface area contributed by atoms with E-state index in [1.54, 1.807) is 12.3 Å². The average Bonchev–Trinajstić information content (AvgIpc) is 3.09. The number of aromatic amines is 1.